The number of nitrogens with one attached hydrogen (secondary N) is 2. The largest absolute Gasteiger partial charge is 0.352 e. The summed E-state index contributed by atoms with van der Waals surface area (Å²) in [5.74, 6) is -0.435. The number of benzene rings is 2. The van der Waals surface area contributed by atoms with Gasteiger partial charge in [0, 0.05) is 31.5 Å². The smallest absolute Gasteiger partial charge is 0.191 e. The van der Waals surface area contributed by atoms with Crippen molar-refractivity contribution >= 4 is 29.9 Å². The molecule has 1 unspecified atom stereocenters. The molecule has 0 radical (unpaired) electrons. The Labute approximate surface area is 179 Å². The van der Waals surface area contributed by atoms with E-state index in [2.05, 4.69) is 20.7 Å². The van der Waals surface area contributed by atoms with Crippen LogP contribution in [0.5, 0.6) is 0 Å². The standard InChI is InChI=1S/C20H21F2N5.HI/c1-14(15-5-3-6-18(12-15)27-10-4-9-25-27)26-20(23-2)24-13-16-11-17(21)7-8-19(16)22;/h3-12,14H,13H2,1-2H3,(H2,23,24,26);1H. The molecule has 2 aromatic carbocycles. The first-order valence-corrected chi connectivity index (χ1v) is 8.58. The fourth-order valence-electron chi connectivity index (χ4n) is 2.70. The first-order chi connectivity index (χ1) is 13.1. The molecular formula is C20H22F2IN5. The van der Waals surface area contributed by atoms with Gasteiger partial charge in [-0.3, -0.25) is 4.99 Å². The molecule has 0 spiro atoms. The van der Waals surface area contributed by atoms with Crippen molar-refractivity contribution in [3.63, 3.8) is 0 Å². The van der Waals surface area contributed by atoms with Crippen LogP contribution < -0.4 is 10.6 Å². The van der Waals surface area contributed by atoms with Gasteiger partial charge in [0.15, 0.2) is 5.96 Å². The Kier molecular flexibility index (Phi) is 7.91. The summed E-state index contributed by atoms with van der Waals surface area (Å²) in [5, 5.41) is 10.5. The van der Waals surface area contributed by atoms with E-state index >= 15 is 0 Å². The molecule has 5 nitrogen and oxygen atoms in total. The van der Waals surface area contributed by atoms with E-state index in [1.165, 1.54) is 6.07 Å². The van der Waals surface area contributed by atoms with Gasteiger partial charge in [-0.1, -0.05) is 12.1 Å². The fourth-order valence-corrected chi connectivity index (χ4v) is 2.70. The lowest BCUT2D eigenvalue weighted by Crippen LogP contribution is -2.38. The van der Waals surface area contributed by atoms with Crippen molar-refractivity contribution in [2.45, 2.75) is 19.5 Å². The molecular weight excluding hydrogens is 475 g/mol. The summed E-state index contributed by atoms with van der Waals surface area (Å²) in [7, 11) is 1.63. The van der Waals surface area contributed by atoms with E-state index in [-0.39, 0.29) is 42.1 Å². The number of halogens is 3. The monoisotopic (exact) mass is 497 g/mol. The third-order valence-corrected chi connectivity index (χ3v) is 4.17. The van der Waals surface area contributed by atoms with Gasteiger partial charge in [0.25, 0.3) is 0 Å². The highest BCUT2D eigenvalue weighted by Gasteiger charge is 2.10. The lowest BCUT2D eigenvalue weighted by molar-refractivity contribution is 0.580. The highest BCUT2D eigenvalue weighted by atomic mass is 127. The molecule has 28 heavy (non-hydrogen) atoms. The second-order valence-corrected chi connectivity index (χ2v) is 6.07. The van der Waals surface area contributed by atoms with Crippen LogP contribution in [-0.2, 0) is 6.54 Å². The van der Waals surface area contributed by atoms with Crippen molar-refractivity contribution in [3.05, 3.63) is 83.7 Å². The van der Waals surface area contributed by atoms with Crippen LogP contribution in [-0.4, -0.2) is 22.8 Å². The summed E-state index contributed by atoms with van der Waals surface area (Å²) >= 11 is 0. The minimum atomic E-state index is -0.472. The summed E-state index contributed by atoms with van der Waals surface area (Å²) < 4.78 is 28.8. The van der Waals surface area contributed by atoms with Crippen LogP contribution in [0.3, 0.4) is 0 Å². The molecule has 3 aromatic rings. The quantitative estimate of drug-likeness (QED) is 0.316. The van der Waals surface area contributed by atoms with Crippen LogP contribution in [0.1, 0.15) is 24.1 Å². The zero-order valence-corrected chi connectivity index (χ0v) is 17.9. The summed E-state index contributed by atoms with van der Waals surface area (Å²) in [6, 6.07) is 13.2. The van der Waals surface area contributed by atoms with Gasteiger partial charge in [0.1, 0.15) is 11.6 Å². The topological polar surface area (TPSA) is 54.2 Å². The highest BCUT2D eigenvalue weighted by Crippen LogP contribution is 2.16. The maximum atomic E-state index is 13.8. The Morgan fingerprint density at radius 3 is 2.71 bits per heavy atom. The number of hydrogen-bond acceptors (Lipinski definition) is 2. The molecule has 0 bridgehead atoms. The van der Waals surface area contributed by atoms with Gasteiger partial charge in [-0.15, -0.1) is 24.0 Å². The molecule has 8 heteroatoms. The molecule has 1 aromatic heterocycles. The molecule has 0 aliphatic rings. The molecule has 2 N–H and O–H groups in total. The predicted octanol–water partition coefficient (Wildman–Crippen LogP) is 4.19. The van der Waals surface area contributed by atoms with E-state index in [1.807, 2.05) is 43.5 Å². The Morgan fingerprint density at radius 2 is 2.00 bits per heavy atom. The number of nitrogens with zero attached hydrogens (tertiary/aromatic N) is 3. The third kappa shape index (κ3) is 5.51. The van der Waals surface area contributed by atoms with Crippen molar-refractivity contribution < 1.29 is 8.78 Å². The van der Waals surface area contributed by atoms with E-state index in [9.17, 15) is 8.78 Å². The predicted molar refractivity (Wildman–Crippen MR) is 117 cm³/mol. The Bertz CT molecular complexity index is 928. The van der Waals surface area contributed by atoms with Crippen molar-refractivity contribution in [1.82, 2.24) is 20.4 Å². The fraction of sp³-hybridized carbons (Fsp3) is 0.200. The highest BCUT2D eigenvalue weighted by molar-refractivity contribution is 14.0. The number of guanidine groups is 1. The molecule has 0 fully saturated rings. The maximum absolute atomic E-state index is 13.8. The van der Waals surface area contributed by atoms with Crippen molar-refractivity contribution in [2.75, 3.05) is 7.05 Å². The third-order valence-electron chi connectivity index (χ3n) is 4.17. The van der Waals surface area contributed by atoms with Gasteiger partial charge in [0.05, 0.1) is 11.7 Å². The molecule has 1 heterocycles. The number of aromatic nitrogens is 2. The normalized spacial score (nSPS) is 12.2. The summed E-state index contributed by atoms with van der Waals surface area (Å²) in [5.41, 5.74) is 2.24. The zero-order chi connectivity index (χ0) is 19.2. The zero-order valence-electron chi connectivity index (χ0n) is 15.6. The van der Waals surface area contributed by atoms with E-state index in [4.69, 9.17) is 0 Å². The molecule has 0 saturated carbocycles. The average Bonchev–Trinajstić information content (AvgIpc) is 3.22. The second-order valence-electron chi connectivity index (χ2n) is 6.07. The number of hydrogen-bond donors (Lipinski definition) is 2. The first kappa shape index (κ1) is 21.8. The molecule has 1 atom stereocenters. The van der Waals surface area contributed by atoms with Gasteiger partial charge in [0.2, 0.25) is 0 Å². The Balaban J connectivity index is 0.00000280. The molecule has 3 rings (SSSR count). The van der Waals surface area contributed by atoms with Gasteiger partial charge in [-0.25, -0.2) is 13.5 Å². The van der Waals surface area contributed by atoms with Crippen LogP contribution in [0.4, 0.5) is 8.78 Å². The number of rotatable bonds is 5. The van der Waals surface area contributed by atoms with Crippen LogP contribution >= 0.6 is 24.0 Å². The molecule has 0 saturated heterocycles. The van der Waals surface area contributed by atoms with Gasteiger partial charge >= 0.3 is 0 Å². The molecule has 0 aliphatic heterocycles. The van der Waals surface area contributed by atoms with Crippen LogP contribution in [0.15, 0.2) is 65.9 Å². The SMILES string of the molecule is CN=C(NCc1cc(F)ccc1F)NC(C)c1cccc(-n2cccn2)c1.I. The number of aliphatic imine (C=N–C) groups is 1. The van der Waals surface area contributed by atoms with Crippen LogP contribution in [0, 0.1) is 11.6 Å². The second kappa shape index (κ2) is 10.2. The summed E-state index contributed by atoms with van der Waals surface area (Å²) in [4.78, 5) is 4.15. The molecule has 0 aliphatic carbocycles. The Morgan fingerprint density at radius 1 is 1.18 bits per heavy atom. The van der Waals surface area contributed by atoms with Gasteiger partial charge < -0.3 is 10.6 Å². The minimum absolute atomic E-state index is 0. The van der Waals surface area contributed by atoms with E-state index in [0.29, 0.717) is 5.96 Å². The average molecular weight is 497 g/mol. The van der Waals surface area contributed by atoms with E-state index in [1.54, 1.807) is 17.9 Å². The van der Waals surface area contributed by atoms with Crippen molar-refractivity contribution in [3.8, 4) is 5.69 Å². The minimum Gasteiger partial charge on any atom is -0.352 e. The first-order valence-electron chi connectivity index (χ1n) is 8.58. The van der Waals surface area contributed by atoms with Gasteiger partial charge in [-0.2, -0.15) is 5.10 Å². The van der Waals surface area contributed by atoms with E-state index < -0.39 is 11.6 Å². The van der Waals surface area contributed by atoms with Crippen LogP contribution in [0.2, 0.25) is 0 Å². The summed E-state index contributed by atoms with van der Waals surface area (Å²) in [6.45, 7) is 2.13. The van der Waals surface area contributed by atoms with Crippen molar-refractivity contribution in [2.24, 2.45) is 4.99 Å². The lowest BCUT2D eigenvalue weighted by Gasteiger charge is -2.19. The molecule has 0 amide bonds. The lowest BCUT2D eigenvalue weighted by atomic mass is 10.1. The molecule has 148 valence electrons. The summed E-state index contributed by atoms with van der Waals surface area (Å²) in [6.07, 6.45) is 3.61. The van der Waals surface area contributed by atoms with Crippen molar-refractivity contribution in [1.29, 1.82) is 0 Å². The van der Waals surface area contributed by atoms with Gasteiger partial charge in [-0.05, 0) is 48.9 Å². The van der Waals surface area contributed by atoms with E-state index in [0.717, 1.165) is 23.4 Å². The Hall–Kier alpha value is -2.49. The maximum Gasteiger partial charge on any atom is 0.191 e. The van der Waals surface area contributed by atoms with Crippen LogP contribution in [0.25, 0.3) is 5.69 Å².